The van der Waals surface area contributed by atoms with Gasteiger partial charge in [0.25, 0.3) is 5.91 Å². The first-order chi connectivity index (χ1) is 12.8. The first kappa shape index (κ1) is 16.1. The van der Waals surface area contributed by atoms with E-state index in [9.17, 15) is 4.79 Å². The Labute approximate surface area is 153 Å². The predicted molar refractivity (Wildman–Crippen MR) is 100 cm³/mol. The Morgan fingerprint density at radius 1 is 1.23 bits per heavy atom. The third-order valence-corrected chi connectivity index (χ3v) is 6.24. The molecule has 1 aliphatic carbocycles. The third-order valence-electron chi connectivity index (χ3n) is 6.24. The molecule has 0 bridgehead atoms. The van der Waals surface area contributed by atoms with Crippen molar-refractivity contribution in [2.24, 2.45) is 0 Å². The summed E-state index contributed by atoms with van der Waals surface area (Å²) < 4.78 is 2.23. The molecule has 0 unspecified atom stereocenters. The Bertz CT molecular complexity index is 832. The fraction of sp³-hybridized carbons (Fsp3) is 0.632. The molecule has 1 saturated heterocycles. The average molecular weight is 354 g/mol. The highest BCUT2D eigenvalue weighted by atomic mass is 16.2. The number of piperidine rings is 1. The molecule has 4 heterocycles. The Morgan fingerprint density at radius 2 is 2.12 bits per heavy atom. The maximum atomic E-state index is 12.5. The largest absolute Gasteiger partial charge is 0.350 e. The van der Waals surface area contributed by atoms with Crippen molar-refractivity contribution in [3.8, 4) is 0 Å². The molecule has 2 fully saturated rings. The highest BCUT2D eigenvalue weighted by Gasteiger charge is 2.41. The smallest absolute Gasteiger partial charge is 0.268 e. The van der Waals surface area contributed by atoms with Gasteiger partial charge in [0.05, 0.1) is 5.54 Å². The zero-order valence-corrected chi connectivity index (χ0v) is 15.1. The van der Waals surface area contributed by atoms with E-state index in [-0.39, 0.29) is 11.4 Å². The minimum Gasteiger partial charge on any atom is -0.350 e. The van der Waals surface area contributed by atoms with Gasteiger partial charge < -0.3 is 20.5 Å². The third kappa shape index (κ3) is 2.57. The molecule has 138 valence electrons. The second-order valence-corrected chi connectivity index (χ2v) is 7.99. The second kappa shape index (κ2) is 6.23. The Hall–Kier alpha value is -2.15. The van der Waals surface area contributed by atoms with Gasteiger partial charge in [0.1, 0.15) is 11.3 Å². The van der Waals surface area contributed by atoms with Crippen molar-refractivity contribution in [1.82, 2.24) is 25.2 Å². The lowest BCUT2D eigenvalue weighted by Gasteiger charge is -2.42. The lowest BCUT2D eigenvalue weighted by molar-refractivity contribution is 0.0833. The molecule has 7 heteroatoms. The van der Waals surface area contributed by atoms with Gasteiger partial charge in [-0.15, -0.1) is 0 Å². The van der Waals surface area contributed by atoms with Crippen LogP contribution in [0, 0.1) is 0 Å². The average Bonchev–Trinajstić information content (AvgIpc) is 3.07. The van der Waals surface area contributed by atoms with Crippen LogP contribution >= 0.6 is 0 Å². The van der Waals surface area contributed by atoms with Crippen LogP contribution in [0.15, 0.2) is 12.3 Å². The molecule has 1 saturated carbocycles. The molecule has 1 atom stereocenters. The van der Waals surface area contributed by atoms with E-state index >= 15 is 0 Å². The lowest BCUT2D eigenvalue weighted by atomic mass is 9.80. The summed E-state index contributed by atoms with van der Waals surface area (Å²) in [4.78, 5) is 21.8. The van der Waals surface area contributed by atoms with Crippen LogP contribution in [0.2, 0.25) is 0 Å². The number of hydrogen-bond acceptors (Lipinski definition) is 5. The van der Waals surface area contributed by atoms with Gasteiger partial charge in [-0.1, -0.05) is 19.3 Å². The molecule has 26 heavy (non-hydrogen) atoms. The van der Waals surface area contributed by atoms with Crippen molar-refractivity contribution in [2.75, 3.05) is 25.0 Å². The number of rotatable bonds is 2. The van der Waals surface area contributed by atoms with Crippen molar-refractivity contribution in [1.29, 1.82) is 0 Å². The number of carbonyl (C=O) groups excluding carboxylic acids is 1. The molecule has 3 N–H and O–H groups in total. The van der Waals surface area contributed by atoms with E-state index < -0.39 is 0 Å². The van der Waals surface area contributed by atoms with Crippen molar-refractivity contribution in [3.63, 3.8) is 0 Å². The number of aromatic nitrogens is 3. The minimum atomic E-state index is -0.0265. The first-order valence-electron chi connectivity index (χ1n) is 9.90. The normalized spacial score (nSPS) is 25.1. The van der Waals surface area contributed by atoms with E-state index in [0.29, 0.717) is 18.5 Å². The quantitative estimate of drug-likeness (QED) is 0.768. The topological polar surface area (TPSA) is 83.9 Å². The fourth-order valence-corrected chi connectivity index (χ4v) is 4.89. The van der Waals surface area contributed by atoms with Crippen molar-refractivity contribution in [3.05, 3.63) is 18.0 Å². The summed E-state index contributed by atoms with van der Waals surface area (Å²) in [7, 11) is 0. The maximum absolute atomic E-state index is 12.5. The van der Waals surface area contributed by atoms with E-state index in [1.165, 1.54) is 25.7 Å². The van der Waals surface area contributed by atoms with Gasteiger partial charge in [0.15, 0.2) is 0 Å². The van der Waals surface area contributed by atoms with Crippen LogP contribution in [-0.4, -0.2) is 46.1 Å². The van der Waals surface area contributed by atoms with Crippen LogP contribution in [0.3, 0.4) is 0 Å². The monoisotopic (exact) mass is 354 g/mol. The van der Waals surface area contributed by atoms with Crippen molar-refractivity contribution >= 4 is 22.9 Å². The fourth-order valence-electron chi connectivity index (χ4n) is 4.89. The number of carbonyl (C=O) groups is 1. The molecule has 2 aromatic heterocycles. The van der Waals surface area contributed by atoms with Gasteiger partial charge in [-0.05, 0) is 38.3 Å². The summed E-state index contributed by atoms with van der Waals surface area (Å²) in [5.41, 5.74) is 1.61. The van der Waals surface area contributed by atoms with Crippen LogP contribution in [-0.2, 0) is 5.54 Å². The Balaban J connectivity index is 1.57. The number of nitrogens with one attached hydrogen (secondary N) is 3. The van der Waals surface area contributed by atoms with Crippen LogP contribution in [0.4, 0.5) is 5.95 Å². The summed E-state index contributed by atoms with van der Waals surface area (Å²) >= 11 is 0. The molecular formula is C19H26N6O. The van der Waals surface area contributed by atoms with E-state index in [1.807, 2.05) is 12.3 Å². The molecular weight excluding hydrogens is 328 g/mol. The Morgan fingerprint density at radius 3 is 2.92 bits per heavy atom. The van der Waals surface area contributed by atoms with Gasteiger partial charge in [-0.3, -0.25) is 4.79 Å². The van der Waals surface area contributed by atoms with Gasteiger partial charge in [0.2, 0.25) is 5.95 Å². The van der Waals surface area contributed by atoms with E-state index in [2.05, 4.69) is 25.5 Å². The lowest BCUT2D eigenvalue weighted by Crippen LogP contribution is -2.52. The van der Waals surface area contributed by atoms with E-state index in [1.54, 1.807) is 0 Å². The molecule has 7 nitrogen and oxygen atoms in total. The van der Waals surface area contributed by atoms with Crippen LogP contribution in [0.25, 0.3) is 11.0 Å². The summed E-state index contributed by atoms with van der Waals surface area (Å²) in [6.45, 7) is 2.74. The Kier molecular flexibility index (Phi) is 3.85. The summed E-state index contributed by atoms with van der Waals surface area (Å²) in [6, 6.07) is 2.32. The number of nitrogens with zero attached hydrogens (tertiary/aromatic N) is 3. The second-order valence-electron chi connectivity index (χ2n) is 7.99. The number of anilines is 1. The molecule has 2 aromatic rings. The van der Waals surface area contributed by atoms with Crippen LogP contribution in [0.1, 0.15) is 55.4 Å². The van der Waals surface area contributed by atoms with Crippen LogP contribution < -0.4 is 16.0 Å². The standard InChI is InChI=1S/C19H26N6O/c26-17-15-9-13-10-21-18(23-14-5-4-8-20-11-14)24-16(13)25(15)19(12-22-17)6-2-1-3-7-19/h9-10,14,20H,1-8,11-12H2,(H,22,26)(H,21,23,24)/t14-/m0/s1. The molecule has 0 radical (unpaired) electrons. The van der Waals surface area contributed by atoms with Crippen molar-refractivity contribution < 1.29 is 4.79 Å². The van der Waals surface area contributed by atoms with Gasteiger partial charge in [-0.2, -0.15) is 4.98 Å². The highest BCUT2D eigenvalue weighted by Crippen LogP contribution is 2.40. The molecule has 2 aliphatic heterocycles. The zero-order valence-electron chi connectivity index (χ0n) is 15.1. The molecule has 5 rings (SSSR count). The van der Waals surface area contributed by atoms with E-state index in [4.69, 9.17) is 4.98 Å². The van der Waals surface area contributed by atoms with Crippen molar-refractivity contribution in [2.45, 2.75) is 56.5 Å². The van der Waals surface area contributed by atoms with E-state index in [0.717, 1.165) is 49.1 Å². The molecule has 1 spiro atoms. The van der Waals surface area contributed by atoms with Crippen LogP contribution in [0.5, 0.6) is 0 Å². The maximum Gasteiger partial charge on any atom is 0.268 e. The number of fused-ring (bicyclic) bond motifs is 4. The van der Waals surface area contributed by atoms with Gasteiger partial charge in [-0.25, -0.2) is 4.98 Å². The molecule has 0 aromatic carbocycles. The zero-order chi connectivity index (χ0) is 17.6. The predicted octanol–water partition coefficient (Wildman–Crippen LogP) is 2.00. The highest BCUT2D eigenvalue weighted by molar-refractivity contribution is 5.99. The SMILES string of the molecule is O=C1NCC2(CCCCC2)n2c1cc1cnc(N[C@H]3CCCNC3)nc12. The summed E-state index contributed by atoms with van der Waals surface area (Å²) in [5, 5.41) is 10.9. The van der Waals surface area contributed by atoms with Gasteiger partial charge >= 0.3 is 0 Å². The van der Waals surface area contributed by atoms with Gasteiger partial charge in [0, 0.05) is 30.7 Å². The number of hydrogen-bond donors (Lipinski definition) is 3. The minimum absolute atomic E-state index is 0.00480. The first-order valence-corrected chi connectivity index (χ1v) is 9.90. The number of amides is 1. The molecule has 3 aliphatic rings. The summed E-state index contributed by atoms with van der Waals surface area (Å²) in [6.07, 6.45) is 10.1. The molecule has 1 amide bonds. The summed E-state index contributed by atoms with van der Waals surface area (Å²) in [5.74, 6) is 0.675.